The maximum atomic E-state index is 5.46. The van der Waals surface area contributed by atoms with Crippen LogP contribution in [0.2, 0.25) is 0 Å². The van der Waals surface area contributed by atoms with Crippen LogP contribution in [0.25, 0.3) is 0 Å². The van der Waals surface area contributed by atoms with Crippen LogP contribution >= 0.6 is 0 Å². The molecular formula is C16H21N3O. The third-order valence-corrected chi connectivity index (χ3v) is 3.51. The molecule has 1 N–H and O–H groups in total. The first-order valence-electron chi connectivity index (χ1n) is 6.72. The van der Waals surface area contributed by atoms with E-state index in [0.717, 1.165) is 34.0 Å². The summed E-state index contributed by atoms with van der Waals surface area (Å²) in [6.07, 6.45) is 3.44. The van der Waals surface area contributed by atoms with E-state index in [4.69, 9.17) is 4.74 Å². The van der Waals surface area contributed by atoms with Gasteiger partial charge in [0.25, 0.3) is 0 Å². The Balaban J connectivity index is 2.29. The van der Waals surface area contributed by atoms with E-state index in [0.29, 0.717) is 0 Å². The molecule has 0 amide bonds. The van der Waals surface area contributed by atoms with Crippen LogP contribution in [0.4, 0.5) is 5.69 Å². The first kappa shape index (κ1) is 14.3. The standard InChI is InChI=1S/C16H21N3O/c1-10-6-7-14(11(2)16(10)20-5)19-13(4)15-12(3)17-8-9-18-15/h6-9,13,19H,1-5H3. The fourth-order valence-corrected chi connectivity index (χ4v) is 2.44. The van der Waals surface area contributed by atoms with Gasteiger partial charge in [-0.1, -0.05) is 6.07 Å². The van der Waals surface area contributed by atoms with Crippen LogP contribution < -0.4 is 10.1 Å². The summed E-state index contributed by atoms with van der Waals surface area (Å²) in [4.78, 5) is 8.69. The lowest BCUT2D eigenvalue weighted by atomic mass is 10.1. The van der Waals surface area contributed by atoms with Gasteiger partial charge in [0.05, 0.1) is 24.5 Å². The van der Waals surface area contributed by atoms with E-state index in [1.54, 1.807) is 19.5 Å². The monoisotopic (exact) mass is 271 g/mol. The largest absolute Gasteiger partial charge is 0.496 e. The van der Waals surface area contributed by atoms with Crippen molar-refractivity contribution >= 4 is 5.69 Å². The number of benzene rings is 1. The van der Waals surface area contributed by atoms with Crippen LogP contribution in [0.5, 0.6) is 5.75 Å². The van der Waals surface area contributed by atoms with Crippen molar-refractivity contribution in [1.82, 2.24) is 9.97 Å². The molecule has 4 nitrogen and oxygen atoms in total. The van der Waals surface area contributed by atoms with Gasteiger partial charge in [0.15, 0.2) is 0 Å². The van der Waals surface area contributed by atoms with Gasteiger partial charge in [-0.25, -0.2) is 0 Å². The van der Waals surface area contributed by atoms with Gasteiger partial charge in [-0.05, 0) is 39.3 Å². The summed E-state index contributed by atoms with van der Waals surface area (Å²) >= 11 is 0. The number of methoxy groups -OCH3 is 1. The fraction of sp³-hybridized carbons (Fsp3) is 0.375. The highest BCUT2D eigenvalue weighted by atomic mass is 16.5. The molecular weight excluding hydrogens is 250 g/mol. The second-order valence-electron chi connectivity index (χ2n) is 4.98. The molecule has 0 saturated carbocycles. The number of ether oxygens (including phenoxy) is 1. The van der Waals surface area contributed by atoms with E-state index in [1.807, 2.05) is 13.8 Å². The van der Waals surface area contributed by atoms with Gasteiger partial charge >= 0.3 is 0 Å². The third kappa shape index (κ3) is 2.74. The van der Waals surface area contributed by atoms with E-state index in [9.17, 15) is 0 Å². The number of nitrogens with one attached hydrogen (secondary N) is 1. The lowest BCUT2D eigenvalue weighted by Crippen LogP contribution is -2.12. The van der Waals surface area contributed by atoms with E-state index < -0.39 is 0 Å². The zero-order valence-electron chi connectivity index (χ0n) is 12.7. The van der Waals surface area contributed by atoms with E-state index in [-0.39, 0.29) is 6.04 Å². The van der Waals surface area contributed by atoms with Crippen molar-refractivity contribution in [2.45, 2.75) is 33.7 Å². The minimum absolute atomic E-state index is 0.0924. The Morgan fingerprint density at radius 1 is 1.10 bits per heavy atom. The van der Waals surface area contributed by atoms with Crippen LogP contribution in [0.3, 0.4) is 0 Å². The van der Waals surface area contributed by atoms with Gasteiger partial charge in [0, 0.05) is 23.6 Å². The van der Waals surface area contributed by atoms with E-state index >= 15 is 0 Å². The average Bonchev–Trinajstić information content (AvgIpc) is 2.43. The molecule has 2 rings (SSSR count). The molecule has 4 heteroatoms. The summed E-state index contributed by atoms with van der Waals surface area (Å²) in [5.74, 6) is 0.929. The second-order valence-corrected chi connectivity index (χ2v) is 4.98. The van der Waals surface area contributed by atoms with Crippen molar-refractivity contribution in [1.29, 1.82) is 0 Å². The summed E-state index contributed by atoms with van der Waals surface area (Å²) < 4.78 is 5.46. The zero-order valence-corrected chi connectivity index (χ0v) is 12.7. The van der Waals surface area contributed by atoms with Crippen LogP contribution in [-0.4, -0.2) is 17.1 Å². The molecule has 1 atom stereocenters. The summed E-state index contributed by atoms with van der Waals surface area (Å²) in [6, 6.07) is 4.23. The Morgan fingerprint density at radius 3 is 2.45 bits per heavy atom. The maximum Gasteiger partial charge on any atom is 0.126 e. The highest BCUT2D eigenvalue weighted by Gasteiger charge is 2.13. The molecule has 1 heterocycles. The van der Waals surface area contributed by atoms with Gasteiger partial charge in [-0.2, -0.15) is 0 Å². The van der Waals surface area contributed by atoms with Crippen molar-refractivity contribution < 1.29 is 4.74 Å². The molecule has 0 aliphatic heterocycles. The van der Waals surface area contributed by atoms with Gasteiger partial charge in [-0.15, -0.1) is 0 Å². The van der Waals surface area contributed by atoms with Crippen LogP contribution in [0, 0.1) is 20.8 Å². The molecule has 1 aromatic heterocycles. The predicted octanol–water partition coefficient (Wildman–Crippen LogP) is 3.58. The predicted molar refractivity (Wildman–Crippen MR) is 81.3 cm³/mol. The van der Waals surface area contributed by atoms with E-state index in [1.165, 1.54) is 0 Å². The SMILES string of the molecule is COc1c(C)ccc(NC(C)c2nccnc2C)c1C. The Kier molecular flexibility index (Phi) is 4.23. The Labute approximate surface area is 120 Å². The molecule has 0 fully saturated rings. The molecule has 1 aromatic carbocycles. The van der Waals surface area contributed by atoms with Gasteiger partial charge < -0.3 is 10.1 Å². The number of aryl methyl sites for hydroxylation is 2. The topological polar surface area (TPSA) is 47.0 Å². The Bertz CT molecular complexity index is 611. The quantitative estimate of drug-likeness (QED) is 0.923. The van der Waals surface area contributed by atoms with Crippen LogP contribution in [0.1, 0.15) is 35.5 Å². The third-order valence-electron chi connectivity index (χ3n) is 3.51. The number of aromatic nitrogens is 2. The molecule has 0 aliphatic carbocycles. The lowest BCUT2D eigenvalue weighted by molar-refractivity contribution is 0.409. The highest BCUT2D eigenvalue weighted by molar-refractivity contribution is 5.60. The summed E-state index contributed by atoms with van der Waals surface area (Å²) in [5, 5.41) is 3.49. The molecule has 0 spiro atoms. The van der Waals surface area contributed by atoms with Gasteiger partial charge in [0.1, 0.15) is 5.75 Å². The number of rotatable bonds is 4. The van der Waals surface area contributed by atoms with Crippen molar-refractivity contribution in [3.63, 3.8) is 0 Å². The smallest absolute Gasteiger partial charge is 0.126 e. The normalized spacial score (nSPS) is 12.1. The van der Waals surface area contributed by atoms with Crippen molar-refractivity contribution in [3.8, 4) is 5.75 Å². The van der Waals surface area contributed by atoms with Crippen molar-refractivity contribution in [2.75, 3.05) is 12.4 Å². The molecule has 1 unspecified atom stereocenters. The van der Waals surface area contributed by atoms with Gasteiger partial charge in [-0.3, -0.25) is 9.97 Å². The Hall–Kier alpha value is -2.10. The van der Waals surface area contributed by atoms with Gasteiger partial charge in [0.2, 0.25) is 0 Å². The number of nitrogens with zero attached hydrogens (tertiary/aromatic N) is 2. The number of anilines is 1. The second kappa shape index (κ2) is 5.90. The summed E-state index contributed by atoms with van der Waals surface area (Å²) in [6.45, 7) is 8.17. The molecule has 106 valence electrons. The molecule has 2 aromatic rings. The summed E-state index contributed by atoms with van der Waals surface area (Å²) in [7, 11) is 1.70. The fourth-order valence-electron chi connectivity index (χ4n) is 2.44. The summed E-state index contributed by atoms with van der Waals surface area (Å²) in [5.41, 5.74) is 5.22. The highest BCUT2D eigenvalue weighted by Crippen LogP contribution is 2.31. The van der Waals surface area contributed by atoms with E-state index in [2.05, 4.69) is 41.3 Å². The molecule has 0 saturated heterocycles. The first-order valence-corrected chi connectivity index (χ1v) is 6.72. The van der Waals surface area contributed by atoms with Crippen molar-refractivity contribution in [2.24, 2.45) is 0 Å². The number of hydrogen-bond acceptors (Lipinski definition) is 4. The minimum atomic E-state index is 0.0924. The van der Waals surface area contributed by atoms with Crippen molar-refractivity contribution in [3.05, 3.63) is 47.0 Å². The molecule has 0 bridgehead atoms. The maximum absolute atomic E-state index is 5.46. The first-order chi connectivity index (χ1) is 9.54. The average molecular weight is 271 g/mol. The minimum Gasteiger partial charge on any atom is -0.496 e. The molecule has 0 aliphatic rings. The molecule has 20 heavy (non-hydrogen) atoms. The van der Waals surface area contributed by atoms with Crippen LogP contribution in [-0.2, 0) is 0 Å². The molecule has 0 radical (unpaired) electrons. The lowest BCUT2D eigenvalue weighted by Gasteiger charge is -2.19. The number of hydrogen-bond donors (Lipinski definition) is 1. The Morgan fingerprint density at radius 2 is 1.80 bits per heavy atom. The van der Waals surface area contributed by atoms with Crippen LogP contribution in [0.15, 0.2) is 24.5 Å². The zero-order chi connectivity index (χ0) is 14.7.